The third kappa shape index (κ3) is 8.88. The van der Waals surface area contributed by atoms with E-state index in [-0.39, 0.29) is 16.6 Å². The van der Waals surface area contributed by atoms with Gasteiger partial charge in [0.2, 0.25) is 0 Å². The Morgan fingerprint density at radius 1 is 0.800 bits per heavy atom. The molecule has 0 saturated carbocycles. The summed E-state index contributed by atoms with van der Waals surface area (Å²) in [6, 6.07) is 28.0. The topological polar surface area (TPSA) is 73.3 Å². The first-order chi connectivity index (χ1) is 18.9. The molecule has 0 unspecified atom stereocenters. The molecule has 0 atom stereocenters. The number of nitrogens with zero attached hydrogens (tertiary/aromatic N) is 3. The molecule has 5 nitrogen and oxygen atoms in total. The van der Waals surface area contributed by atoms with Crippen molar-refractivity contribution in [1.82, 2.24) is 14.4 Å². The molecule has 0 aliphatic heterocycles. The molecule has 40 heavy (non-hydrogen) atoms. The number of imidazole rings is 1. The zero-order valence-electron chi connectivity index (χ0n) is 24.2. The lowest BCUT2D eigenvalue weighted by Crippen LogP contribution is -2.11. The summed E-state index contributed by atoms with van der Waals surface area (Å²) in [6.45, 7) is 13.2. The van der Waals surface area contributed by atoms with E-state index in [1.54, 1.807) is 12.3 Å². The van der Waals surface area contributed by atoms with Gasteiger partial charge in [-0.05, 0) is 46.2 Å². The zero-order chi connectivity index (χ0) is 29.3. The molecule has 3 heterocycles. The Morgan fingerprint density at radius 2 is 1.38 bits per heavy atom. The molecule has 0 saturated heterocycles. The Kier molecular flexibility index (Phi) is 10.4. The van der Waals surface area contributed by atoms with E-state index < -0.39 is 0 Å². The summed E-state index contributed by atoms with van der Waals surface area (Å²) in [5.74, 6) is 0.702. The highest BCUT2D eigenvalue weighted by Crippen LogP contribution is 2.26. The number of hydrogen-bond donors (Lipinski definition) is 1. The summed E-state index contributed by atoms with van der Waals surface area (Å²) < 4.78 is 2.05. The quantitative estimate of drug-likeness (QED) is 0.167. The fraction of sp³-hybridized carbons (Fsp3) is 0.265. The van der Waals surface area contributed by atoms with E-state index in [1.807, 2.05) is 65.2 Å². The number of rotatable bonds is 3. The van der Waals surface area contributed by atoms with Crippen LogP contribution in [0.25, 0.3) is 16.9 Å². The lowest BCUT2D eigenvalue weighted by atomic mass is 9.86. The van der Waals surface area contributed by atoms with Crippen LogP contribution in [-0.4, -0.2) is 25.5 Å². The lowest BCUT2D eigenvalue weighted by Gasteiger charge is -2.18. The number of alkyl halides is 1. The van der Waals surface area contributed by atoms with Gasteiger partial charge in [0.15, 0.2) is 5.78 Å². The SMILES string of the molecule is CC(C)(C)c1ccc(-c2cn3ccccc3n2)cc1.CC(C)(C)c1ccc(C(=O)CBr)cc1.Nc1ccccn1. The maximum absolute atomic E-state index is 11.3. The van der Waals surface area contributed by atoms with Crippen molar-refractivity contribution in [1.29, 1.82) is 0 Å². The molecule has 5 rings (SSSR count). The number of aromatic nitrogens is 3. The van der Waals surface area contributed by atoms with Gasteiger partial charge in [-0.1, -0.05) is 118 Å². The fourth-order valence-electron chi connectivity index (χ4n) is 3.82. The molecular formula is C34H39BrN4O. The van der Waals surface area contributed by atoms with E-state index in [0.717, 1.165) is 22.5 Å². The molecule has 0 radical (unpaired) electrons. The molecule has 0 fully saturated rings. The van der Waals surface area contributed by atoms with Crippen LogP contribution in [-0.2, 0) is 10.8 Å². The van der Waals surface area contributed by atoms with Crippen molar-refractivity contribution in [2.45, 2.75) is 52.4 Å². The van der Waals surface area contributed by atoms with Gasteiger partial charge in [0.1, 0.15) is 11.5 Å². The number of Topliss-reactive ketones (excluding diaryl/α,β-unsaturated/α-hetero) is 1. The number of carbonyl (C=O) groups is 1. The van der Waals surface area contributed by atoms with Crippen LogP contribution in [0.5, 0.6) is 0 Å². The summed E-state index contributed by atoms with van der Waals surface area (Å²) in [7, 11) is 0. The number of ketones is 1. The minimum absolute atomic E-state index is 0.130. The van der Waals surface area contributed by atoms with Gasteiger partial charge < -0.3 is 10.1 Å². The first-order valence-corrected chi connectivity index (χ1v) is 14.4. The van der Waals surface area contributed by atoms with E-state index in [0.29, 0.717) is 11.1 Å². The molecule has 0 bridgehead atoms. The predicted octanol–water partition coefficient (Wildman–Crippen LogP) is 8.52. The van der Waals surface area contributed by atoms with Gasteiger partial charge in [-0.15, -0.1) is 0 Å². The van der Waals surface area contributed by atoms with Crippen molar-refractivity contribution in [3.63, 3.8) is 0 Å². The minimum Gasteiger partial charge on any atom is -0.384 e. The number of hydrogen-bond acceptors (Lipinski definition) is 4. The van der Waals surface area contributed by atoms with Crippen LogP contribution in [0, 0.1) is 0 Å². The zero-order valence-corrected chi connectivity index (χ0v) is 25.8. The van der Waals surface area contributed by atoms with Gasteiger partial charge in [-0.25, -0.2) is 9.97 Å². The first-order valence-electron chi connectivity index (χ1n) is 13.3. The number of carbonyl (C=O) groups excluding carboxylic acids is 1. The average molecular weight is 600 g/mol. The number of fused-ring (bicyclic) bond motifs is 1. The van der Waals surface area contributed by atoms with Crippen molar-refractivity contribution >= 4 is 33.2 Å². The number of nitrogen functional groups attached to an aromatic ring is 1. The Hall–Kier alpha value is -3.77. The van der Waals surface area contributed by atoms with Gasteiger partial charge in [-0.3, -0.25) is 4.79 Å². The second-order valence-electron chi connectivity index (χ2n) is 11.6. The molecule has 3 aromatic heterocycles. The number of pyridine rings is 2. The molecular weight excluding hydrogens is 560 g/mol. The molecule has 0 aliphatic carbocycles. The molecule has 0 amide bonds. The number of halogens is 1. The molecule has 2 N–H and O–H groups in total. The molecule has 0 aliphatic rings. The highest BCUT2D eigenvalue weighted by Gasteiger charge is 2.14. The summed E-state index contributed by atoms with van der Waals surface area (Å²) in [5.41, 5.74) is 12.1. The van der Waals surface area contributed by atoms with Crippen LogP contribution >= 0.6 is 15.9 Å². The monoisotopic (exact) mass is 598 g/mol. The molecule has 6 heteroatoms. The van der Waals surface area contributed by atoms with Crippen LogP contribution in [0.2, 0.25) is 0 Å². The van der Waals surface area contributed by atoms with Crippen molar-refractivity contribution in [2.24, 2.45) is 0 Å². The van der Waals surface area contributed by atoms with Gasteiger partial charge in [-0.2, -0.15) is 0 Å². The van der Waals surface area contributed by atoms with Crippen LogP contribution in [0.4, 0.5) is 5.82 Å². The maximum atomic E-state index is 11.3. The van der Waals surface area contributed by atoms with E-state index in [2.05, 4.69) is 97.9 Å². The minimum atomic E-state index is 0.130. The highest BCUT2D eigenvalue weighted by molar-refractivity contribution is 9.09. The second kappa shape index (κ2) is 13.5. The Morgan fingerprint density at radius 3 is 1.82 bits per heavy atom. The van der Waals surface area contributed by atoms with Gasteiger partial charge in [0.05, 0.1) is 11.0 Å². The summed E-state index contributed by atoms with van der Waals surface area (Å²) in [5, 5.41) is 0.391. The van der Waals surface area contributed by atoms with Crippen molar-refractivity contribution in [3.05, 3.63) is 120 Å². The summed E-state index contributed by atoms with van der Waals surface area (Å²) >= 11 is 3.16. The molecule has 0 spiro atoms. The standard InChI is InChI=1S/C17H18N2.C12H15BrO.C5H6N2/c1-17(2,3)14-9-7-13(8-10-14)15-12-19-11-5-4-6-16(19)18-15;1-12(2,3)10-6-4-9(5-7-10)11(14)8-13;6-5-3-1-2-4-7-5/h4-12H,1-3H3;4-7H,8H2,1-3H3;1-4H,(H2,6,7). The molecule has 2 aromatic carbocycles. The first kappa shape index (κ1) is 30.8. The maximum Gasteiger partial charge on any atom is 0.173 e. The Balaban J connectivity index is 0.000000184. The third-order valence-electron chi connectivity index (χ3n) is 6.29. The fourth-order valence-corrected chi connectivity index (χ4v) is 4.15. The van der Waals surface area contributed by atoms with Crippen molar-refractivity contribution in [2.75, 3.05) is 11.1 Å². The molecule has 208 valence electrons. The molecule has 5 aromatic rings. The van der Waals surface area contributed by atoms with E-state index in [1.165, 1.54) is 11.1 Å². The lowest BCUT2D eigenvalue weighted by molar-refractivity contribution is 0.102. The Bertz CT molecular complexity index is 1460. The van der Waals surface area contributed by atoms with E-state index in [9.17, 15) is 4.79 Å². The number of benzene rings is 2. The largest absolute Gasteiger partial charge is 0.384 e. The van der Waals surface area contributed by atoms with Crippen molar-refractivity contribution in [3.8, 4) is 11.3 Å². The summed E-state index contributed by atoms with van der Waals surface area (Å²) in [4.78, 5) is 19.7. The Labute approximate surface area is 246 Å². The predicted molar refractivity (Wildman–Crippen MR) is 171 cm³/mol. The van der Waals surface area contributed by atoms with Gasteiger partial charge >= 0.3 is 0 Å². The third-order valence-corrected chi connectivity index (χ3v) is 6.80. The second-order valence-corrected chi connectivity index (χ2v) is 12.1. The smallest absolute Gasteiger partial charge is 0.173 e. The van der Waals surface area contributed by atoms with Crippen LogP contribution in [0.1, 0.15) is 63.0 Å². The summed E-state index contributed by atoms with van der Waals surface area (Å²) in [6.07, 6.45) is 5.76. The number of nitrogens with two attached hydrogens (primary N) is 1. The highest BCUT2D eigenvalue weighted by atomic mass is 79.9. The van der Waals surface area contributed by atoms with Gasteiger partial charge in [0.25, 0.3) is 0 Å². The van der Waals surface area contributed by atoms with Gasteiger partial charge in [0, 0.05) is 29.7 Å². The van der Waals surface area contributed by atoms with Crippen LogP contribution < -0.4 is 5.73 Å². The van der Waals surface area contributed by atoms with Crippen LogP contribution in [0.3, 0.4) is 0 Å². The van der Waals surface area contributed by atoms with E-state index >= 15 is 0 Å². The van der Waals surface area contributed by atoms with Crippen LogP contribution in [0.15, 0.2) is 104 Å². The normalized spacial score (nSPS) is 11.2. The average Bonchev–Trinajstić information content (AvgIpc) is 3.37. The number of anilines is 1. The van der Waals surface area contributed by atoms with E-state index in [4.69, 9.17) is 5.73 Å². The van der Waals surface area contributed by atoms with Crippen molar-refractivity contribution < 1.29 is 4.79 Å².